The predicted octanol–water partition coefficient (Wildman–Crippen LogP) is 3.68. The first-order valence-electron chi connectivity index (χ1n) is 10.1. The first kappa shape index (κ1) is 23.0. The van der Waals surface area contributed by atoms with Gasteiger partial charge in [-0.25, -0.2) is 8.42 Å². The smallest absolute Gasteiger partial charge is 0.416 e. The summed E-state index contributed by atoms with van der Waals surface area (Å²) in [6.07, 6.45) is -4.61. The van der Waals surface area contributed by atoms with E-state index in [4.69, 9.17) is 4.74 Å². The van der Waals surface area contributed by atoms with Crippen LogP contribution in [0.2, 0.25) is 0 Å². The van der Waals surface area contributed by atoms with Crippen molar-refractivity contribution in [1.82, 2.24) is 14.5 Å². The molecule has 0 saturated carbocycles. The molecule has 2 aromatic carbocycles. The summed E-state index contributed by atoms with van der Waals surface area (Å²) >= 11 is 0. The van der Waals surface area contributed by atoms with Crippen LogP contribution in [-0.4, -0.2) is 56.2 Å². The minimum atomic E-state index is -4.61. The third-order valence-electron chi connectivity index (χ3n) is 5.38. The van der Waals surface area contributed by atoms with Gasteiger partial charge in [-0.15, -0.1) is 10.2 Å². The van der Waals surface area contributed by atoms with Crippen LogP contribution in [0.25, 0.3) is 11.3 Å². The van der Waals surface area contributed by atoms with Crippen LogP contribution >= 0.6 is 0 Å². The number of nitrogens with zero attached hydrogens (tertiary/aromatic N) is 4. The average Bonchev–Trinajstić information content (AvgIpc) is 2.84. The molecule has 0 spiro atoms. The molecule has 0 radical (unpaired) electrons. The fourth-order valence-corrected chi connectivity index (χ4v) is 5.04. The third kappa shape index (κ3) is 4.93. The molecule has 0 amide bonds. The number of alkyl halides is 3. The number of sulfonamides is 1. The van der Waals surface area contributed by atoms with Gasteiger partial charge in [0.2, 0.25) is 10.0 Å². The second-order valence-corrected chi connectivity index (χ2v) is 9.36. The number of halogens is 3. The van der Waals surface area contributed by atoms with Gasteiger partial charge in [0, 0.05) is 31.7 Å². The molecule has 1 fully saturated rings. The van der Waals surface area contributed by atoms with Gasteiger partial charge in [-0.05, 0) is 42.5 Å². The predicted molar refractivity (Wildman–Crippen MR) is 116 cm³/mol. The van der Waals surface area contributed by atoms with Crippen molar-refractivity contribution < 1.29 is 26.3 Å². The van der Waals surface area contributed by atoms with E-state index in [1.165, 1.54) is 10.4 Å². The van der Waals surface area contributed by atoms with Gasteiger partial charge in [-0.3, -0.25) is 0 Å². The number of piperazine rings is 1. The fraction of sp³-hybridized carbons (Fsp3) is 0.273. The van der Waals surface area contributed by atoms with Gasteiger partial charge in [0.05, 0.1) is 23.3 Å². The average molecular weight is 478 g/mol. The van der Waals surface area contributed by atoms with Crippen LogP contribution in [-0.2, 0) is 16.2 Å². The van der Waals surface area contributed by atoms with E-state index in [0.717, 1.165) is 17.7 Å². The summed E-state index contributed by atoms with van der Waals surface area (Å²) in [5.41, 5.74) is 0.530. The zero-order valence-corrected chi connectivity index (χ0v) is 18.5. The largest absolute Gasteiger partial charge is 0.497 e. The summed E-state index contributed by atoms with van der Waals surface area (Å²) in [4.78, 5) is 1.52. The number of aromatic nitrogens is 2. The Hall–Kier alpha value is -3.18. The second-order valence-electron chi connectivity index (χ2n) is 7.43. The number of hydrogen-bond donors (Lipinski definition) is 0. The molecule has 7 nitrogen and oxygen atoms in total. The fourth-order valence-electron chi connectivity index (χ4n) is 3.57. The summed E-state index contributed by atoms with van der Waals surface area (Å²) in [6, 6.07) is 14.9. The van der Waals surface area contributed by atoms with Crippen LogP contribution < -0.4 is 9.64 Å². The monoisotopic (exact) mass is 478 g/mol. The quantitative estimate of drug-likeness (QED) is 0.557. The van der Waals surface area contributed by atoms with Crippen LogP contribution in [0.1, 0.15) is 5.56 Å². The number of rotatable bonds is 5. The number of ether oxygens (including phenoxy) is 1. The van der Waals surface area contributed by atoms with Gasteiger partial charge in [0.1, 0.15) is 5.75 Å². The molecule has 1 aliphatic rings. The number of anilines is 1. The lowest BCUT2D eigenvalue weighted by Gasteiger charge is -2.34. The molecular formula is C22H21F3N4O3S. The molecular weight excluding hydrogens is 457 g/mol. The summed E-state index contributed by atoms with van der Waals surface area (Å²) in [5, 5.41) is 8.52. The van der Waals surface area contributed by atoms with E-state index in [1.807, 2.05) is 35.2 Å². The Balaban J connectivity index is 1.44. The van der Waals surface area contributed by atoms with Crippen molar-refractivity contribution in [1.29, 1.82) is 0 Å². The molecule has 1 aromatic heterocycles. The molecule has 0 aliphatic carbocycles. The van der Waals surface area contributed by atoms with E-state index >= 15 is 0 Å². The Kier molecular flexibility index (Phi) is 6.26. The van der Waals surface area contributed by atoms with Crippen molar-refractivity contribution in [2.45, 2.75) is 11.1 Å². The molecule has 2 heterocycles. The first-order chi connectivity index (χ1) is 15.7. The zero-order chi connectivity index (χ0) is 23.6. The maximum Gasteiger partial charge on any atom is 0.416 e. The maximum atomic E-state index is 13.0. The normalized spacial score (nSPS) is 15.5. The van der Waals surface area contributed by atoms with Crippen LogP contribution in [0.15, 0.2) is 65.6 Å². The van der Waals surface area contributed by atoms with Gasteiger partial charge < -0.3 is 9.64 Å². The van der Waals surface area contributed by atoms with Crippen LogP contribution in [0, 0.1) is 0 Å². The molecule has 33 heavy (non-hydrogen) atoms. The highest BCUT2D eigenvalue weighted by Crippen LogP contribution is 2.31. The van der Waals surface area contributed by atoms with Crippen molar-refractivity contribution in [3.05, 3.63) is 66.2 Å². The van der Waals surface area contributed by atoms with Crippen molar-refractivity contribution >= 4 is 15.8 Å². The highest BCUT2D eigenvalue weighted by atomic mass is 32.2. The lowest BCUT2D eigenvalue weighted by molar-refractivity contribution is -0.137. The highest BCUT2D eigenvalue weighted by molar-refractivity contribution is 7.89. The molecule has 174 valence electrons. The van der Waals surface area contributed by atoms with E-state index in [9.17, 15) is 21.6 Å². The Labute approximate surface area is 189 Å². The Morgan fingerprint density at radius 3 is 2.27 bits per heavy atom. The summed E-state index contributed by atoms with van der Waals surface area (Å²) < 4.78 is 71.1. The molecule has 0 N–H and O–H groups in total. The zero-order valence-electron chi connectivity index (χ0n) is 17.7. The van der Waals surface area contributed by atoms with Crippen molar-refractivity contribution in [2.24, 2.45) is 0 Å². The minimum Gasteiger partial charge on any atom is -0.497 e. The molecule has 0 unspecified atom stereocenters. The minimum absolute atomic E-state index is 0.123. The van der Waals surface area contributed by atoms with Crippen LogP contribution in [0.5, 0.6) is 5.75 Å². The number of hydrogen-bond acceptors (Lipinski definition) is 6. The molecule has 3 aromatic rings. The Morgan fingerprint density at radius 1 is 0.909 bits per heavy atom. The summed E-state index contributed by atoms with van der Waals surface area (Å²) in [5.74, 6) is 1.30. The standard InChI is InChI=1S/C22H21F3N4O3S/c1-32-18-6-2-4-16(14-18)20-8-9-21(27-26-20)28-10-12-29(13-11-28)33(30,31)19-7-3-5-17(15-19)22(23,24)25/h2-9,14-15H,10-13H2,1H3. The molecule has 1 saturated heterocycles. The van der Waals surface area contributed by atoms with Crippen LogP contribution in [0.4, 0.5) is 19.0 Å². The number of methoxy groups -OCH3 is 1. The maximum absolute atomic E-state index is 13.0. The van der Waals surface area contributed by atoms with Gasteiger partial charge in [0.15, 0.2) is 5.82 Å². The summed E-state index contributed by atoms with van der Waals surface area (Å²) in [7, 11) is -2.46. The molecule has 1 aliphatic heterocycles. The van der Waals surface area contributed by atoms with E-state index in [-0.39, 0.29) is 18.0 Å². The van der Waals surface area contributed by atoms with E-state index in [1.54, 1.807) is 13.2 Å². The molecule has 0 bridgehead atoms. The Morgan fingerprint density at radius 2 is 1.64 bits per heavy atom. The van der Waals surface area contributed by atoms with Gasteiger partial charge in [0.25, 0.3) is 0 Å². The SMILES string of the molecule is COc1cccc(-c2ccc(N3CCN(S(=O)(=O)c4cccc(C(F)(F)F)c4)CC3)nn2)c1. The lowest BCUT2D eigenvalue weighted by Crippen LogP contribution is -2.49. The lowest BCUT2D eigenvalue weighted by atomic mass is 10.1. The molecule has 4 rings (SSSR count). The van der Waals surface area contributed by atoms with E-state index in [2.05, 4.69) is 10.2 Å². The second kappa shape index (κ2) is 8.99. The van der Waals surface area contributed by atoms with Crippen molar-refractivity contribution in [3.8, 4) is 17.0 Å². The Bertz CT molecular complexity index is 1230. The third-order valence-corrected chi connectivity index (χ3v) is 7.27. The molecule has 0 atom stereocenters. The van der Waals surface area contributed by atoms with Crippen molar-refractivity contribution in [3.63, 3.8) is 0 Å². The van der Waals surface area contributed by atoms with Gasteiger partial charge in [-0.1, -0.05) is 18.2 Å². The summed E-state index contributed by atoms with van der Waals surface area (Å²) in [6.45, 7) is 0.923. The molecule has 11 heteroatoms. The highest BCUT2D eigenvalue weighted by Gasteiger charge is 2.34. The van der Waals surface area contributed by atoms with Crippen molar-refractivity contribution in [2.75, 3.05) is 38.2 Å². The first-order valence-corrected chi connectivity index (χ1v) is 11.5. The van der Waals surface area contributed by atoms with Crippen LogP contribution in [0.3, 0.4) is 0 Å². The van der Waals surface area contributed by atoms with E-state index < -0.39 is 21.8 Å². The van der Waals surface area contributed by atoms with E-state index in [0.29, 0.717) is 36.4 Å². The topological polar surface area (TPSA) is 75.6 Å². The van der Waals surface area contributed by atoms with Gasteiger partial charge >= 0.3 is 6.18 Å². The van der Waals surface area contributed by atoms with Gasteiger partial charge in [-0.2, -0.15) is 17.5 Å². The number of benzene rings is 2.